The molecule has 3 N–H and O–H groups in total. The van der Waals surface area contributed by atoms with Gasteiger partial charge in [-0.3, -0.25) is 0 Å². The maximum Gasteiger partial charge on any atom is 0.210 e. The van der Waals surface area contributed by atoms with Crippen molar-refractivity contribution < 1.29 is 8.42 Å². The summed E-state index contributed by atoms with van der Waals surface area (Å²) in [5, 5.41) is 8.90. The highest BCUT2D eigenvalue weighted by Gasteiger charge is 2.03. The van der Waals surface area contributed by atoms with E-state index in [2.05, 4.69) is 5.32 Å². The van der Waals surface area contributed by atoms with E-state index < -0.39 is 10.0 Å². The maximum atomic E-state index is 10.6. The SMILES string of the molecule is NS(=O)(=O)CCNCc1ccc(Cl)cc1Cl. The molecule has 0 spiro atoms. The van der Waals surface area contributed by atoms with Crippen LogP contribution in [0, 0.1) is 0 Å². The van der Waals surface area contributed by atoms with Crippen molar-refractivity contribution in [2.24, 2.45) is 5.14 Å². The summed E-state index contributed by atoms with van der Waals surface area (Å²) in [6.07, 6.45) is 0. The van der Waals surface area contributed by atoms with Gasteiger partial charge in [-0.1, -0.05) is 29.3 Å². The second kappa shape index (κ2) is 5.84. The molecule has 0 saturated heterocycles. The fourth-order valence-electron chi connectivity index (χ4n) is 1.10. The van der Waals surface area contributed by atoms with E-state index in [1.165, 1.54) is 0 Å². The van der Waals surface area contributed by atoms with Crippen LogP contribution >= 0.6 is 23.2 Å². The van der Waals surface area contributed by atoms with Gasteiger partial charge in [-0.2, -0.15) is 0 Å². The molecule has 90 valence electrons. The van der Waals surface area contributed by atoms with E-state index >= 15 is 0 Å². The average molecular weight is 283 g/mol. The Labute approximate surface area is 105 Å². The first-order valence-corrected chi connectivity index (χ1v) is 7.01. The second-order valence-electron chi connectivity index (χ2n) is 3.28. The number of nitrogens with one attached hydrogen (secondary N) is 1. The van der Waals surface area contributed by atoms with Crippen LogP contribution in [0.3, 0.4) is 0 Å². The standard InChI is InChI=1S/C9H12Cl2N2O2S/c10-8-2-1-7(9(11)5-8)6-13-3-4-16(12,14)15/h1-2,5,13H,3-4,6H2,(H2,12,14,15). The molecule has 1 aromatic carbocycles. The van der Waals surface area contributed by atoms with Gasteiger partial charge in [-0.15, -0.1) is 0 Å². The summed E-state index contributed by atoms with van der Waals surface area (Å²) in [6, 6.07) is 5.15. The van der Waals surface area contributed by atoms with E-state index in [0.29, 0.717) is 16.6 Å². The Kier molecular flexibility index (Phi) is 5.01. The van der Waals surface area contributed by atoms with E-state index in [9.17, 15) is 8.42 Å². The summed E-state index contributed by atoms with van der Waals surface area (Å²) in [6.45, 7) is 0.767. The fourth-order valence-corrected chi connectivity index (χ4v) is 2.01. The summed E-state index contributed by atoms with van der Waals surface area (Å²) in [7, 11) is -3.41. The molecule has 16 heavy (non-hydrogen) atoms. The highest BCUT2D eigenvalue weighted by molar-refractivity contribution is 7.89. The molecule has 0 aliphatic rings. The van der Waals surface area contributed by atoms with Gasteiger partial charge in [0.25, 0.3) is 0 Å². The van der Waals surface area contributed by atoms with Crippen molar-refractivity contribution in [3.63, 3.8) is 0 Å². The third-order valence-electron chi connectivity index (χ3n) is 1.89. The van der Waals surface area contributed by atoms with Gasteiger partial charge in [0.2, 0.25) is 10.0 Å². The number of hydrogen-bond donors (Lipinski definition) is 2. The first-order valence-electron chi connectivity index (χ1n) is 4.53. The van der Waals surface area contributed by atoms with Crippen LogP contribution in [-0.2, 0) is 16.6 Å². The molecule has 0 atom stereocenters. The molecule has 0 radical (unpaired) electrons. The van der Waals surface area contributed by atoms with Gasteiger partial charge >= 0.3 is 0 Å². The second-order valence-corrected chi connectivity index (χ2v) is 5.86. The van der Waals surface area contributed by atoms with Crippen molar-refractivity contribution in [1.82, 2.24) is 5.32 Å². The summed E-state index contributed by atoms with van der Waals surface area (Å²) in [5.41, 5.74) is 0.862. The Balaban J connectivity index is 2.43. The van der Waals surface area contributed by atoms with E-state index in [1.54, 1.807) is 18.2 Å². The average Bonchev–Trinajstić information content (AvgIpc) is 2.13. The Morgan fingerprint density at radius 1 is 1.31 bits per heavy atom. The largest absolute Gasteiger partial charge is 0.312 e. The van der Waals surface area contributed by atoms with Gasteiger partial charge in [-0.25, -0.2) is 13.6 Å². The zero-order valence-corrected chi connectivity index (χ0v) is 10.7. The highest BCUT2D eigenvalue weighted by Crippen LogP contribution is 2.20. The van der Waals surface area contributed by atoms with Gasteiger partial charge in [0.15, 0.2) is 0 Å². The third kappa shape index (κ3) is 5.14. The third-order valence-corrected chi connectivity index (χ3v) is 3.25. The van der Waals surface area contributed by atoms with E-state index in [-0.39, 0.29) is 12.3 Å². The van der Waals surface area contributed by atoms with Gasteiger partial charge in [0.1, 0.15) is 0 Å². The van der Waals surface area contributed by atoms with Crippen LogP contribution in [0.15, 0.2) is 18.2 Å². The predicted molar refractivity (Wildman–Crippen MR) is 66.1 cm³/mol. The Morgan fingerprint density at radius 2 is 2.00 bits per heavy atom. The molecule has 0 saturated carbocycles. The summed E-state index contributed by atoms with van der Waals surface area (Å²) in [5.74, 6) is -0.0990. The van der Waals surface area contributed by atoms with Crippen molar-refractivity contribution in [1.29, 1.82) is 0 Å². The molecule has 1 rings (SSSR count). The van der Waals surface area contributed by atoms with Gasteiger partial charge < -0.3 is 5.32 Å². The molecule has 0 bridgehead atoms. The lowest BCUT2D eigenvalue weighted by Crippen LogP contribution is -2.26. The zero-order valence-electron chi connectivity index (χ0n) is 8.41. The molecule has 4 nitrogen and oxygen atoms in total. The van der Waals surface area contributed by atoms with Crippen molar-refractivity contribution in [3.8, 4) is 0 Å². The van der Waals surface area contributed by atoms with Crippen LogP contribution in [0.2, 0.25) is 10.0 Å². The molecule has 0 aliphatic heterocycles. The van der Waals surface area contributed by atoms with Crippen LogP contribution < -0.4 is 10.5 Å². The molecular weight excluding hydrogens is 271 g/mol. The molecule has 0 aliphatic carbocycles. The smallest absolute Gasteiger partial charge is 0.210 e. The monoisotopic (exact) mass is 282 g/mol. The fraction of sp³-hybridized carbons (Fsp3) is 0.333. The maximum absolute atomic E-state index is 10.6. The van der Waals surface area contributed by atoms with Crippen LogP contribution in [0.4, 0.5) is 0 Å². The van der Waals surface area contributed by atoms with Crippen LogP contribution in [0.1, 0.15) is 5.56 Å². The Morgan fingerprint density at radius 3 is 2.56 bits per heavy atom. The zero-order chi connectivity index (χ0) is 12.2. The predicted octanol–water partition coefficient (Wildman–Crippen LogP) is 1.37. The Bertz CT molecular complexity index is 463. The molecule has 0 unspecified atom stereocenters. The van der Waals surface area contributed by atoms with Gasteiger partial charge in [-0.05, 0) is 17.7 Å². The summed E-state index contributed by atoms with van der Waals surface area (Å²) < 4.78 is 21.3. The lowest BCUT2D eigenvalue weighted by molar-refractivity contribution is 0.592. The number of nitrogens with two attached hydrogens (primary N) is 1. The first kappa shape index (κ1) is 13.7. The summed E-state index contributed by atoms with van der Waals surface area (Å²) >= 11 is 11.7. The highest BCUT2D eigenvalue weighted by atomic mass is 35.5. The first-order chi connectivity index (χ1) is 7.38. The van der Waals surface area contributed by atoms with Crippen molar-refractivity contribution in [2.45, 2.75) is 6.54 Å². The van der Waals surface area contributed by atoms with Crippen molar-refractivity contribution >= 4 is 33.2 Å². The minimum atomic E-state index is -3.41. The summed E-state index contributed by atoms with van der Waals surface area (Å²) in [4.78, 5) is 0. The normalized spacial score (nSPS) is 11.7. The lowest BCUT2D eigenvalue weighted by atomic mass is 10.2. The van der Waals surface area contributed by atoms with Crippen molar-refractivity contribution in [3.05, 3.63) is 33.8 Å². The quantitative estimate of drug-likeness (QED) is 0.802. The van der Waals surface area contributed by atoms with Gasteiger partial charge in [0, 0.05) is 23.1 Å². The van der Waals surface area contributed by atoms with E-state index in [4.69, 9.17) is 28.3 Å². The lowest BCUT2D eigenvalue weighted by Gasteiger charge is -2.06. The number of primary sulfonamides is 1. The van der Waals surface area contributed by atoms with Crippen LogP contribution in [0.25, 0.3) is 0 Å². The number of halogens is 2. The molecule has 1 aromatic rings. The molecular formula is C9H12Cl2N2O2S. The number of benzene rings is 1. The van der Waals surface area contributed by atoms with Crippen molar-refractivity contribution in [2.75, 3.05) is 12.3 Å². The molecule has 0 fully saturated rings. The minimum Gasteiger partial charge on any atom is -0.312 e. The topological polar surface area (TPSA) is 72.2 Å². The number of hydrogen-bond acceptors (Lipinski definition) is 3. The molecule has 0 amide bonds. The molecule has 0 heterocycles. The molecule has 7 heteroatoms. The number of sulfonamides is 1. The minimum absolute atomic E-state index is 0.0990. The van der Waals surface area contributed by atoms with E-state index in [0.717, 1.165) is 5.56 Å². The van der Waals surface area contributed by atoms with E-state index in [1.807, 2.05) is 0 Å². The van der Waals surface area contributed by atoms with Crippen LogP contribution in [0.5, 0.6) is 0 Å². The number of rotatable bonds is 5. The van der Waals surface area contributed by atoms with Gasteiger partial charge in [0.05, 0.1) is 5.75 Å². The Hall–Kier alpha value is -0.330. The van der Waals surface area contributed by atoms with Crippen LogP contribution in [-0.4, -0.2) is 20.7 Å². The molecule has 0 aromatic heterocycles.